The van der Waals surface area contributed by atoms with Crippen LogP contribution in [-0.4, -0.2) is 33.9 Å². The van der Waals surface area contributed by atoms with Crippen molar-refractivity contribution in [3.8, 4) is 11.3 Å². The third kappa shape index (κ3) is 3.79. The molecule has 1 aliphatic carbocycles. The van der Waals surface area contributed by atoms with Gasteiger partial charge in [0, 0.05) is 18.2 Å². The number of amides is 1. The summed E-state index contributed by atoms with van der Waals surface area (Å²) in [6.45, 7) is 2.29. The number of nitrogens with one attached hydrogen (secondary N) is 2. The van der Waals surface area contributed by atoms with Crippen LogP contribution in [0.15, 0.2) is 30.3 Å². The molecule has 0 bridgehead atoms. The molecule has 3 rings (SSSR count). The van der Waals surface area contributed by atoms with E-state index in [1.807, 2.05) is 31.2 Å². The summed E-state index contributed by atoms with van der Waals surface area (Å²) in [5.41, 5.74) is 3.46. The van der Waals surface area contributed by atoms with Crippen LogP contribution >= 0.6 is 0 Å². The molecule has 0 spiro atoms. The lowest BCUT2D eigenvalue weighted by Crippen LogP contribution is -2.38. The molecule has 1 heterocycles. The predicted octanol–water partition coefficient (Wildman–Crippen LogP) is 2.67. The molecule has 0 saturated heterocycles. The number of carbonyl (C=O) groups excluding carboxylic acids is 1. The monoisotopic (exact) mass is 313 g/mol. The van der Waals surface area contributed by atoms with Crippen LogP contribution in [0.1, 0.15) is 41.7 Å². The van der Waals surface area contributed by atoms with Gasteiger partial charge in [0.2, 0.25) is 0 Å². The van der Waals surface area contributed by atoms with Crippen molar-refractivity contribution in [2.75, 3.05) is 6.61 Å². The summed E-state index contributed by atoms with van der Waals surface area (Å²) in [5, 5.41) is 19.3. The first-order valence-corrected chi connectivity index (χ1v) is 8.20. The summed E-state index contributed by atoms with van der Waals surface area (Å²) in [5.74, 6) is 0.284. The van der Waals surface area contributed by atoms with Gasteiger partial charge in [-0.2, -0.15) is 5.10 Å². The Morgan fingerprint density at radius 3 is 2.61 bits per heavy atom. The summed E-state index contributed by atoms with van der Waals surface area (Å²) >= 11 is 0. The maximum Gasteiger partial charge on any atom is 0.269 e. The van der Waals surface area contributed by atoms with E-state index in [1.165, 1.54) is 5.56 Å². The van der Waals surface area contributed by atoms with Crippen LogP contribution in [0.3, 0.4) is 0 Å². The van der Waals surface area contributed by atoms with Gasteiger partial charge in [-0.25, -0.2) is 0 Å². The van der Waals surface area contributed by atoms with Crippen molar-refractivity contribution in [2.24, 2.45) is 5.92 Å². The zero-order valence-corrected chi connectivity index (χ0v) is 13.4. The van der Waals surface area contributed by atoms with Crippen molar-refractivity contribution < 1.29 is 9.90 Å². The highest BCUT2D eigenvalue weighted by molar-refractivity contribution is 5.93. The number of H-pyrrole nitrogens is 1. The third-order valence-electron chi connectivity index (χ3n) is 4.61. The Bertz CT molecular complexity index is 655. The number of aliphatic hydroxyl groups excluding tert-OH is 1. The quantitative estimate of drug-likeness (QED) is 0.812. The first-order valence-electron chi connectivity index (χ1n) is 8.20. The summed E-state index contributed by atoms with van der Waals surface area (Å²) in [6, 6.07) is 10.1. The number of aromatic nitrogens is 2. The maximum atomic E-state index is 12.3. The van der Waals surface area contributed by atoms with E-state index in [4.69, 9.17) is 5.11 Å². The lowest BCUT2D eigenvalue weighted by molar-refractivity contribution is 0.0909. The van der Waals surface area contributed by atoms with Gasteiger partial charge in [-0.15, -0.1) is 0 Å². The van der Waals surface area contributed by atoms with E-state index in [1.54, 1.807) is 6.07 Å². The first-order chi connectivity index (χ1) is 11.2. The van der Waals surface area contributed by atoms with Crippen molar-refractivity contribution in [1.29, 1.82) is 0 Å². The van der Waals surface area contributed by atoms with E-state index >= 15 is 0 Å². The Hall–Kier alpha value is -2.14. The fourth-order valence-corrected chi connectivity index (χ4v) is 3.06. The number of aromatic amines is 1. The number of nitrogens with zero attached hydrogens (tertiary/aromatic N) is 1. The molecule has 5 heteroatoms. The summed E-state index contributed by atoms with van der Waals surface area (Å²) in [7, 11) is 0. The topological polar surface area (TPSA) is 78.0 Å². The lowest BCUT2D eigenvalue weighted by atomic mass is 9.86. The first kappa shape index (κ1) is 15.7. The summed E-state index contributed by atoms with van der Waals surface area (Å²) < 4.78 is 0. The number of hydrogen-bond acceptors (Lipinski definition) is 3. The van der Waals surface area contributed by atoms with Gasteiger partial charge >= 0.3 is 0 Å². The van der Waals surface area contributed by atoms with E-state index in [-0.39, 0.29) is 18.6 Å². The van der Waals surface area contributed by atoms with Gasteiger partial charge in [-0.1, -0.05) is 29.8 Å². The van der Waals surface area contributed by atoms with Crippen molar-refractivity contribution in [1.82, 2.24) is 15.5 Å². The molecule has 0 radical (unpaired) electrons. The van der Waals surface area contributed by atoms with Gasteiger partial charge in [0.05, 0.1) is 5.69 Å². The summed E-state index contributed by atoms with van der Waals surface area (Å²) in [6.07, 6.45) is 3.80. The number of hydrogen-bond donors (Lipinski definition) is 3. The molecule has 0 atom stereocenters. The molecule has 1 aliphatic rings. The average molecular weight is 313 g/mol. The van der Waals surface area contributed by atoms with E-state index in [0.717, 1.165) is 36.9 Å². The second kappa shape index (κ2) is 6.96. The van der Waals surface area contributed by atoms with Gasteiger partial charge in [-0.05, 0) is 44.6 Å². The van der Waals surface area contributed by atoms with Crippen LogP contribution in [0.5, 0.6) is 0 Å². The van der Waals surface area contributed by atoms with Crippen LogP contribution in [0.4, 0.5) is 0 Å². The Balaban J connectivity index is 1.61. The molecule has 122 valence electrons. The van der Waals surface area contributed by atoms with Crippen LogP contribution < -0.4 is 5.32 Å². The van der Waals surface area contributed by atoms with Gasteiger partial charge in [0.1, 0.15) is 5.69 Å². The highest BCUT2D eigenvalue weighted by atomic mass is 16.3. The van der Waals surface area contributed by atoms with E-state index in [9.17, 15) is 4.79 Å². The number of rotatable bonds is 4. The van der Waals surface area contributed by atoms with E-state index in [2.05, 4.69) is 15.5 Å². The Kier molecular flexibility index (Phi) is 4.76. The predicted molar refractivity (Wildman–Crippen MR) is 89.1 cm³/mol. The van der Waals surface area contributed by atoms with Crippen LogP contribution in [0.2, 0.25) is 0 Å². The van der Waals surface area contributed by atoms with Crippen LogP contribution in [0, 0.1) is 12.8 Å². The molecular formula is C18H23N3O2. The van der Waals surface area contributed by atoms with Gasteiger partial charge in [-0.3, -0.25) is 9.89 Å². The fourth-order valence-electron chi connectivity index (χ4n) is 3.06. The normalized spacial score (nSPS) is 21.1. The van der Waals surface area contributed by atoms with Crippen molar-refractivity contribution in [3.05, 3.63) is 41.6 Å². The SMILES string of the molecule is Cc1ccc(-c2cc(C(=O)NC3CCC(CO)CC3)[nH]n2)cc1. The molecule has 1 saturated carbocycles. The van der Waals surface area contributed by atoms with E-state index < -0.39 is 0 Å². The Morgan fingerprint density at radius 2 is 1.96 bits per heavy atom. The second-order valence-electron chi connectivity index (χ2n) is 6.41. The van der Waals surface area contributed by atoms with Crippen molar-refractivity contribution in [3.63, 3.8) is 0 Å². The lowest BCUT2D eigenvalue weighted by Gasteiger charge is -2.27. The molecule has 1 aromatic heterocycles. The van der Waals surface area contributed by atoms with Crippen LogP contribution in [-0.2, 0) is 0 Å². The number of benzene rings is 1. The molecule has 1 aromatic carbocycles. The smallest absolute Gasteiger partial charge is 0.269 e. The van der Waals surface area contributed by atoms with Crippen molar-refractivity contribution in [2.45, 2.75) is 38.6 Å². The highest BCUT2D eigenvalue weighted by Gasteiger charge is 2.23. The molecule has 1 fully saturated rings. The third-order valence-corrected chi connectivity index (χ3v) is 4.61. The highest BCUT2D eigenvalue weighted by Crippen LogP contribution is 2.24. The largest absolute Gasteiger partial charge is 0.396 e. The van der Waals surface area contributed by atoms with Crippen LogP contribution in [0.25, 0.3) is 11.3 Å². The molecule has 3 N–H and O–H groups in total. The van der Waals surface area contributed by atoms with Gasteiger partial charge in [0.25, 0.3) is 5.91 Å². The minimum atomic E-state index is -0.108. The second-order valence-corrected chi connectivity index (χ2v) is 6.41. The molecule has 0 aliphatic heterocycles. The van der Waals surface area contributed by atoms with E-state index in [0.29, 0.717) is 11.6 Å². The standard InChI is InChI=1S/C18H23N3O2/c1-12-2-6-14(7-3-12)16-10-17(21-20-16)18(23)19-15-8-4-13(11-22)5-9-15/h2-3,6-7,10,13,15,22H,4-5,8-9,11H2,1H3,(H,19,23)(H,20,21). The molecule has 5 nitrogen and oxygen atoms in total. The summed E-state index contributed by atoms with van der Waals surface area (Å²) in [4.78, 5) is 12.3. The zero-order valence-electron chi connectivity index (χ0n) is 13.4. The minimum Gasteiger partial charge on any atom is -0.396 e. The Labute approximate surface area is 136 Å². The molecule has 1 amide bonds. The fraction of sp³-hybridized carbons (Fsp3) is 0.444. The van der Waals surface area contributed by atoms with Gasteiger partial charge in [0.15, 0.2) is 0 Å². The molecule has 0 unspecified atom stereocenters. The average Bonchev–Trinajstić information content (AvgIpc) is 3.06. The van der Waals surface area contributed by atoms with Crippen molar-refractivity contribution >= 4 is 5.91 Å². The van der Waals surface area contributed by atoms with Gasteiger partial charge < -0.3 is 10.4 Å². The molecule has 23 heavy (non-hydrogen) atoms. The Morgan fingerprint density at radius 1 is 1.26 bits per heavy atom. The number of aliphatic hydroxyl groups is 1. The number of aryl methyl sites for hydroxylation is 1. The zero-order chi connectivity index (χ0) is 16.2. The minimum absolute atomic E-state index is 0.108. The molecule has 2 aromatic rings. The maximum absolute atomic E-state index is 12.3. The molecular weight excluding hydrogens is 290 g/mol. The number of carbonyl (C=O) groups is 1.